The topological polar surface area (TPSA) is 41.1 Å². The summed E-state index contributed by atoms with van der Waals surface area (Å²) in [5.41, 5.74) is 0.954. The zero-order valence-electron chi connectivity index (χ0n) is 11.9. The Balaban J connectivity index is 1.93. The molecule has 0 aliphatic carbocycles. The van der Waals surface area contributed by atoms with Crippen molar-refractivity contribution in [1.29, 1.82) is 0 Å². The van der Waals surface area contributed by atoms with Crippen LogP contribution in [0.5, 0.6) is 0 Å². The lowest BCUT2D eigenvalue weighted by atomic mass is 10.1. The molecule has 0 saturated carbocycles. The molecule has 1 atom stereocenters. The minimum atomic E-state index is -0.531. The molecule has 0 aromatic heterocycles. The van der Waals surface area contributed by atoms with Gasteiger partial charge in [-0.05, 0) is 36.8 Å². The summed E-state index contributed by atoms with van der Waals surface area (Å²) >= 11 is 11.9. The minimum Gasteiger partial charge on any atom is -0.322 e. The van der Waals surface area contributed by atoms with Crippen molar-refractivity contribution in [2.24, 2.45) is 0 Å². The van der Waals surface area contributed by atoms with Crippen molar-refractivity contribution in [3.05, 3.63) is 63.9 Å². The second-order valence-corrected chi connectivity index (χ2v) is 5.64. The van der Waals surface area contributed by atoms with Gasteiger partial charge in [-0.25, -0.2) is 4.39 Å². The standard InChI is InChI=1S/C16H15Cl2FN2O/c1-10(12-4-2-3-5-13(12)18)20-9-16(22)21-15-8-11(17)6-7-14(15)19/h2-8,10,20H,9H2,1H3,(H,21,22)/t10-/m1/s1. The average molecular weight is 341 g/mol. The van der Waals surface area contributed by atoms with Crippen molar-refractivity contribution < 1.29 is 9.18 Å². The molecule has 0 spiro atoms. The van der Waals surface area contributed by atoms with Crippen LogP contribution >= 0.6 is 23.2 Å². The van der Waals surface area contributed by atoms with E-state index >= 15 is 0 Å². The molecular formula is C16H15Cl2FN2O. The van der Waals surface area contributed by atoms with Gasteiger partial charge in [-0.1, -0.05) is 41.4 Å². The molecule has 2 aromatic rings. The Morgan fingerprint density at radius 3 is 2.68 bits per heavy atom. The molecule has 116 valence electrons. The third kappa shape index (κ3) is 4.44. The van der Waals surface area contributed by atoms with Crippen molar-refractivity contribution >= 4 is 34.8 Å². The molecular weight excluding hydrogens is 326 g/mol. The number of nitrogens with one attached hydrogen (secondary N) is 2. The predicted octanol–water partition coefficient (Wildman–Crippen LogP) is 4.42. The molecule has 22 heavy (non-hydrogen) atoms. The van der Waals surface area contributed by atoms with Crippen molar-refractivity contribution in [2.75, 3.05) is 11.9 Å². The number of anilines is 1. The lowest BCUT2D eigenvalue weighted by molar-refractivity contribution is -0.115. The Morgan fingerprint density at radius 2 is 1.95 bits per heavy atom. The van der Waals surface area contributed by atoms with E-state index in [1.54, 1.807) is 6.07 Å². The van der Waals surface area contributed by atoms with Gasteiger partial charge in [0.25, 0.3) is 0 Å². The van der Waals surface area contributed by atoms with E-state index in [1.165, 1.54) is 18.2 Å². The molecule has 6 heteroatoms. The number of carbonyl (C=O) groups excluding carboxylic acids is 1. The van der Waals surface area contributed by atoms with E-state index in [2.05, 4.69) is 10.6 Å². The largest absolute Gasteiger partial charge is 0.322 e. The molecule has 3 nitrogen and oxygen atoms in total. The van der Waals surface area contributed by atoms with Gasteiger partial charge in [0.1, 0.15) is 5.82 Å². The quantitative estimate of drug-likeness (QED) is 0.845. The number of rotatable bonds is 5. The van der Waals surface area contributed by atoms with Gasteiger partial charge in [0.05, 0.1) is 12.2 Å². The Hall–Kier alpha value is -1.62. The SMILES string of the molecule is C[C@@H](NCC(=O)Nc1cc(Cl)ccc1F)c1ccccc1Cl. The number of hydrogen-bond donors (Lipinski definition) is 2. The normalized spacial score (nSPS) is 12.0. The minimum absolute atomic E-state index is 0.0261. The fraction of sp³-hybridized carbons (Fsp3) is 0.188. The Bertz CT molecular complexity index is 679. The first-order valence-corrected chi connectivity index (χ1v) is 7.45. The molecule has 0 heterocycles. The molecule has 0 aliphatic heterocycles. The lowest BCUT2D eigenvalue weighted by Gasteiger charge is -2.15. The fourth-order valence-electron chi connectivity index (χ4n) is 1.97. The van der Waals surface area contributed by atoms with Gasteiger partial charge < -0.3 is 10.6 Å². The summed E-state index contributed by atoms with van der Waals surface area (Å²) in [6.07, 6.45) is 0. The van der Waals surface area contributed by atoms with Crippen molar-refractivity contribution in [2.45, 2.75) is 13.0 Å². The highest BCUT2D eigenvalue weighted by molar-refractivity contribution is 6.31. The van der Waals surface area contributed by atoms with Crippen LogP contribution in [-0.4, -0.2) is 12.5 Å². The maximum atomic E-state index is 13.5. The lowest BCUT2D eigenvalue weighted by Crippen LogP contribution is -2.30. The number of benzene rings is 2. The smallest absolute Gasteiger partial charge is 0.238 e. The Labute approximate surface area is 138 Å². The van der Waals surface area contributed by atoms with E-state index in [9.17, 15) is 9.18 Å². The molecule has 0 radical (unpaired) electrons. The number of carbonyl (C=O) groups is 1. The number of halogens is 3. The highest BCUT2D eigenvalue weighted by Gasteiger charge is 2.12. The van der Waals surface area contributed by atoms with Gasteiger partial charge >= 0.3 is 0 Å². The molecule has 0 unspecified atom stereocenters. The van der Waals surface area contributed by atoms with E-state index in [0.717, 1.165) is 5.56 Å². The number of amides is 1. The second kappa shape index (κ2) is 7.58. The van der Waals surface area contributed by atoms with Crippen molar-refractivity contribution in [3.63, 3.8) is 0 Å². The van der Waals surface area contributed by atoms with Crippen molar-refractivity contribution in [1.82, 2.24) is 5.32 Å². The van der Waals surface area contributed by atoms with Crippen LogP contribution in [-0.2, 0) is 4.79 Å². The van der Waals surface area contributed by atoms with Gasteiger partial charge in [-0.3, -0.25) is 4.79 Å². The van der Waals surface area contributed by atoms with E-state index in [0.29, 0.717) is 10.0 Å². The summed E-state index contributed by atoms with van der Waals surface area (Å²) in [6, 6.07) is 11.3. The Kier molecular flexibility index (Phi) is 5.77. The third-order valence-corrected chi connectivity index (χ3v) is 3.72. The van der Waals surface area contributed by atoms with Gasteiger partial charge in [0, 0.05) is 16.1 Å². The first-order valence-electron chi connectivity index (χ1n) is 6.70. The third-order valence-electron chi connectivity index (χ3n) is 3.14. The molecule has 0 aliphatic rings. The summed E-state index contributed by atoms with van der Waals surface area (Å²) in [7, 11) is 0. The zero-order valence-corrected chi connectivity index (χ0v) is 13.4. The van der Waals surface area contributed by atoms with E-state index in [4.69, 9.17) is 23.2 Å². The van der Waals surface area contributed by atoms with Gasteiger partial charge in [-0.15, -0.1) is 0 Å². The second-order valence-electron chi connectivity index (χ2n) is 4.80. The van der Waals surface area contributed by atoms with Crippen LogP contribution in [0.25, 0.3) is 0 Å². The molecule has 1 amide bonds. The van der Waals surface area contributed by atoms with E-state index in [-0.39, 0.29) is 24.2 Å². The number of hydrogen-bond acceptors (Lipinski definition) is 2. The molecule has 2 rings (SSSR count). The summed E-state index contributed by atoms with van der Waals surface area (Å²) in [5, 5.41) is 6.50. The van der Waals surface area contributed by atoms with Crippen LogP contribution in [0.4, 0.5) is 10.1 Å². The van der Waals surface area contributed by atoms with Crippen LogP contribution in [0, 0.1) is 5.82 Å². The molecule has 0 fully saturated rings. The fourth-order valence-corrected chi connectivity index (χ4v) is 2.44. The molecule has 2 N–H and O–H groups in total. The van der Waals surface area contributed by atoms with Gasteiger partial charge in [0.15, 0.2) is 0 Å². The monoisotopic (exact) mass is 340 g/mol. The first kappa shape index (κ1) is 16.7. The molecule has 0 bridgehead atoms. The van der Waals surface area contributed by atoms with Crippen LogP contribution in [0.3, 0.4) is 0 Å². The maximum Gasteiger partial charge on any atom is 0.238 e. The maximum absolute atomic E-state index is 13.5. The van der Waals surface area contributed by atoms with Gasteiger partial charge in [0.2, 0.25) is 5.91 Å². The predicted molar refractivity (Wildman–Crippen MR) is 87.9 cm³/mol. The van der Waals surface area contributed by atoms with E-state index in [1.807, 2.05) is 25.1 Å². The first-order chi connectivity index (χ1) is 10.5. The van der Waals surface area contributed by atoms with Gasteiger partial charge in [-0.2, -0.15) is 0 Å². The molecule has 0 saturated heterocycles. The summed E-state index contributed by atoms with van der Waals surface area (Å²) < 4.78 is 13.5. The zero-order chi connectivity index (χ0) is 16.1. The molecule has 2 aromatic carbocycles. The van der Waals surface area contributed by atoms with Crippen molar-refractivity contribution in [3.8, 4) is 0 Å². The highest BCUT2D eigenvalue weighted by Crippen LogP contribution is 2.22. The van der Waals surface area contributed by atoms with Crippen LogP contribution in [0.15, 0.2) is 42.5 Å². The van der Waals surface area contributed by atoms with Crippen LogP contribution in [0.2, 0.25) is 10.0 Å². The summed E-state index contributed by atoms with van der Waals surface area (Å²) in [6.45, 7) is 1.92. The summed E-state index contributed by atoms with van der Waals surface area (Å²) in [4.78, 5) is 11.9. The Morgan fingerprint density at radius 1 is 1.23 bits per heavy atom. The average Bonchev–Trinajstić information content (AvgIpc) is 2.49. The summed E-state index contributed by atoms with van der Waals surface area (Å²) in [5.74, 6) is -0.892. The van der Waals surface area contributed by atoms with Crippen LogP contribution in [0.1, 0.15) is 18.5 Å². The van der Waals surface area contributed by atoms with E-state index < -0.39 is 5.82 Å². The highest BCUT2D eigenvalue weighted by atomic mass is 35.5. The van der Waals surface area contributed by atoms with Crippen LogP contribution < -0.4 is 10.6 Å².